The van der Waals surface area contributed by atoms with Crippen molar-refractivity contribution in [2.75, 3.05) is 7.11 Å². The average molecular weight is 320 g/mol. The first-order valence-electron chi connectivity index (χ1n) is 7.22. The fraction of sp³-hybridized carbons (Fsp3) is 0.0588. The van der Waals surface area contributed by atoms with Gasteiger partial charge in [0.05, 0.1) is 18.1 Å². The van der Waals surface area contributed by atoms with Gasteiger partial charge in [0.1, 0.15) is 17.6 Å². The highest BCUT2D eigenvalue weighted by atomic mass is 16.6. The van der Waals surface area contributed by atoms with Gasteiger partial charge in [-0.15, -0.1) is 0 Å². The molecule has 0 aliphatic rings. The molecule has 24 heavy (non-hydrogen) atoms. The highest BCUT2D eigenvalue weighted by Gasteiger charge is 2.10. The third-order valence-corrected chi connectivity index (χ3v) is 3.88. The zero-order valence-corrected chi connectivity index (χ0v) is 12.7. The van der Waals surface area contributed by atoms with Gasteiger partial charge < -0.3 is 14.9 Å². The third-order valence-electron chi connectivity index (χ3n) is 3.88. The van der Waals surface area contributed by atoms with E-state index in [0.717, 1.165) is 33.6 Å². The van der Waals surface area contributed by atoms with E-state index in [4.69, 9.17) is 4.74 Å². The molecule has 0 unspecified atom stereocenters. The fourth-order valence-electron chi connectivity index (χ4n) is 2.66. The summed E-state index contributed by atoms with van der Waals surface area (Å²) in [5, 5.41) is 10.7. The number of aromatic nitrogens is 3. The minimum atomic E-state index is -0.512. The van der Waals surface area contributed by atoms with Crippen LogP contribution >= 0.6 is 0 Å². The topological polar surface area (TPSA) is 82.6 Å². The first-order valence-corrected chi connectivity index (χ1v) is 7.22. The lowest BCUT2D eigenvalue weighted by Crippen LogP contribution is -1.92. The number of benzene rings is 1. The molecule has 0 aliphatic carbocycles. The Kier molecular flexibility index (Phi) is 3.13. The molecule has 4 rings (SSSR count). The fourth-order valence-corrected chi connectivity index (χ4v) is 2.66. The van der Waals surface area contributed by atoms with Crippen LogP contribution in [-0.2, 0) is 0 Å². The Morgan fingerprint density at radius 2 is 2.00 bits per heavy atom. The second-order valence-corrected chi connectivity index (χ2v) is 5.27. The summed E-state index contributed by atoms with van der Waals surface area (Å²) >= 11 is 0. The number of nitrogens with zero attached hydrogens (tertiary/aromatic N) is 4. The van der Waals surface area contributed by atoms with Crippen LogP contribution in [0.5, 0.6) is 5.75 Å². The lowest BCUT2D eigenvalue weighted by molar-refractivity contribution is -0.389. The van der Waals surface area contributed by atoms with Gasteiger partial charge in [0.2, 0.25) is 0 Å². The van der Waals surface area contributed by atoms with Crippen molar-refractivity contribution in [3.8, 4) is 16.9 Å². The van der Waals surface area contributed by atoms with Crippen LogP contribution in [0, 0.1) is 10.1 Å². The molecular weight excluding hydrogens is 308 g/mol. The zero-order valence-electron chi connectivity index (χ0n) is 12.7. The maximum Gasteiger partial charge on any atom is 0.363 e. The summed E-state index contributed by atoms with van der Waals surface area (Å²) in [6.45, 7) is 0. The van der Waals surface area contributed by atoms with Crippen LogP contribution in [0.15, 0.2) is 54.9 Å². The van der Waals surface area contributed by atoms with Gasteiger partial charge in [-0.2, -0.15) is 0 Å². The van der Waals surface area contributed by atoms with Crippen molar-refractivity contribution in [3.63, 3.8) is 0 Å². The van der Waals surface area contributed by atoms with Gasteiger partial charge in [-0.3, -0.25) is 4.40 Å². The molecule has 7 nitrogen and oxygen atoms in total. The lowest BCUT2D eigenvalue weighted by Gasteiger charge is -2.02. The highest BCUT2D eigenvalue weighted by molar-refractivity contribution is 5.83. The van der Waals surface area contributed by atoms with E-state index >= 15 is 0 Å². The van der Waals surface area contributed by atoms with Gasteiger partial charge in [0.15, 0.2) is 0 Å². The summed E-state index contributed by atoms with van der Waals surface area (Å²) in [7, 11) is 1.63. The number of hydrogen-bond acceptors (Lipinski definition) is 5. The van der Waals surface area contributed by atoms with Gasteiger partial charge in [0.25, 0.3) is 0 Å². The zero-order chi connectivity index (χ0) is 16.7. The number of pyridine rings is 2. The van der Waals surface area contributed by atoms with E-state index in [1.807, 2.05) is 40.9 Å². The smallest absolute Gasteiger partial charge is 0.363 e. The highest BCUT2D eigenvalue weighted by Crippen LogP contribution is 2.26. The second-order valence-electron chi connectivity index (χ2n) is 5.27. The standard InChI is InChI=1S/C17H12N4O3/c1-24-13-3-4-14-15(9-13)20-7-6-11(8-17(20)19-14)12-2-5-16(18-10-12)21(22)23/h2-10H,1H3. The summed E-state index contributed by atoms with van der Waals surface area (Å²) in [6.07, 6.45) is 3.41. The van der Waals surface area contributed by atoms with Crippen LogP contribution in [0.4, 0.5) is 5.82 Å². The number of hydrogen-bond donors (Lipinski definition) is 0. The minimum absolute atomic E-state index is 0.168. The number of fused-ring (bicyclic) bond motifs is 3. The third kappa shape index (κ3) is 2.23. The van der Waals surface area contributed by atoms with Gasteiger partial charge in [-0.25, -0.2) is 4.98 Å². The van der Waals surface area contributed by atoms with Gasteiger partial charge in [0, 0.05) is 23.9 Å². The quantitative estimate of drug-likeness (QED) is 0.426. The largest absolute Gasteiger partial charge is 0.497 e. The number of nitro groups is 1. The predicted molar refractivity (Wildman–Crippen MR) is 89.1 cm³/mol. The molecule has 0 bridgehead atoms. The van der Waals surface area contributed by atoms with Gasteiger partial charge >= 0.3 is 5.82 Å². The molecule has 0 radical (unpaired) electrons. The van der Waals surface area contributed by atoms with E-state index in [0.29, 0.717) is 0 Å². The molecule has 1 aromatic carbocycles. The Hall–Kier alpha value is -3.48. The first kappa shape index (κ1) is 14.1. The molecule has 4 aromatic rings. The van der Waals surface area contributed by atoms with E-state index < -0.39 is 4.92 Å². The van der Waals surface area contributed by atoms with Crippen molar-refractivity contribution in [3.05, 3.63) is 65.0 Å². The van der Waals surface area contributed by atoms with E-state index in [2.05, 4.69) is 9.97 Å². The van der Waals surface area contributed by atoms with Crippen LogP contribution < -0.4 is 4.74 Å². The minimum Gasteiger partial charge on any atom is -0.497 e. The van der Waals surface area contributed by atoms with Gasteiger partial charge in [-0.1, -0.05) is 0 Å². The lowest BCUT2D eigenvalue weighted by atomic mass is 10.1. The van der Waals surface area contributed by atoms with Crippen molar-refractivity contribution >= 4 is 22.5 Å². The van der Waals surface area contributed by atoms with Crippen LogP contribution in [0.2, 0.25) is 0 Å². The second kappa shape index (κ2) is 5.31. The number of rotatable bonds is 3. The Labute approximate surface area is 136 Å². The molecular formula is C17H12N4O3. The number of methoxy groups -OCH3 is 1. The molecule has 0 fully saturated rings. The number of imidazole rings is 1. The molecule has 7 heteroatoms. The van der Waals surface area contributed by atoms with Crippen molar-refractivity contribution in [2.24, 2.45) is 0 Å². The van der Waals surface area contributed by atoms with E-state index in [1.54, 1.807) is 13.2 Å². The summed E-state index contributed by atoms with van der Waals surface area (Å²) in [5.41, 5.74) is 4.31. The van der Waals surface area contributed by atoms with Crippen LogP contribution in [0.25, 0.3) is 27.8 Å². The maximum absolute atomic E-state index is 10.7. The molecule has 0 spiro atoms. The molecule has 0 N–H and O–H groups in total. The van der Waals surface area contributed by atoms with Crippen molar-refractivity contribution in [2.45, 2.75) is 0 Å². The van der Waals surface area contributed by atoms with Gasteiger partial charge in [-0.05, 0) is 45.8 Å². The molecule has 0 saturated carbocycles. The van der Waals surface area contributed by atoms with Crippen molar-refractivity contribution in [1.29, 1.82) is 0 Å². The summed E-state index contributed by atoms with van der Waals surface area (Å²) in [6, 6.07) is 12.6. The van der Waals surface area contributed by atoms with E-state index in [9.17, 15) is 10.1 Å². The monoisotopic (exact) mass is 320 g/mol. The molecule has 0 saturated heterocycles. The maximum atomic E-state index is 10.7. The molecule has 0 aliphatic heterocycles. The van der Waals surface area contributed by atoms with Crippen molar-refractivity contribution < 1.29 is 9.66 Å². The Morgan fingerprint density at radius 3 is 2.71 bits per heavy atom. The van der Waals surface area contributed by atoms with E-state index in [1.165, 1.54) is 12.3 Å². The molecule has 0 amide bonds. The SMILES string of the molecule is COc1ccc2nc3cc(-c4ccc([N+](=O)[O-])nc4)ccn3c2c1. The molecule has 0 atom stereocenters. The average Bonchev–Trinajstić information content (AvgIpc) is 2.98. The van der Waals surface area contributed by atoms with E-state index in [-0.39, 0.29) is 5.82 Å². The van der Waals surface area contributed by atoms with Crippen LogP contribution in [0.1, 0.15) is 0 Å². The predicted octanol–water partition coefficient (Wildman–Crippen LogP) is 3.47. The molecule has 118 valence electrons. The Morgan fingerprint density at radius 1 is 1.12 bits per heavy atom. The molecule has 3 aromatic heterocycles. The Bertz CT molecular complexity index is 1070. The summed E-state index contributed by atoms with van der Waals surface area (Å²) in [5.74, 6) is 0.603. The Balaban J connectivity index is 1.83. The summed E-state index contributed by atoms with van der Waals surface area (Å²) in [4.78, 5) is 18.6. The molecule has 3 heterocycles. The number of ether oxygens (including phenoxy) is 1. The van der Waals surface area contributed by atoms with Crippen LogP contribution in [0.3, 0.4) is 0 Å². The van der Waals surface area contributed by atoms with Crippen molar-refractivity contribution in [1.82, 2.24) is 14.4 Å². The summed E-state index contributed by atoms with van der Waals surface area (Å²) < 4.78 is 7.23. The first-order chi connectivity index (χ1) is 11.7. The normalized spacial score (nSPS) is 11.0. The van der Waals surface area contributed by atoms with Crippen LogP contribution in [-0.4, -0.2) is 26.4 Å².